The van der Waals surface area contributed by atoms with Crippen LogP contribution in [0.1, 0.15) is 82.9 Å². The van der Waals surface area contributed by atoms with Crippen molar-refractivity contribution in [2.75, 3.05) is 139 Å². The van der Waals surface area contributed by atoms with Crippen molar-refractivity contribution in [2.24, 2.45) is 0 Å². The quantitative estimate of drug-likeness (QED) is 0.0161. The molecule has 8 aromatic rings. The second kappa shape index (κ2) is 31.5. The van der Waals surface area contributed by atoms with E-state index in [-0.39, 0.29) is 65.4 Å². The molecule has 8 N–H and O–H groups in total. The third kappa shape index (κ3) is 14.4. The van der Waals surface area contributed by atoms with Gasteiger partial charge in [0.1, 0.15) is 0 Å². The number of amides is 12. The molecule has 26 nitrogen and oxygen atoms in total. The summed E-state index contributed by atoms with van der Waals surface area (Å²) in [6, 6.07) is 34.1. The van der Waals surface area contributed by atoms with E-state index in [4.69, 9.17) is 0 Å². The molecule has 8 aromatic carbocycles. The Morgan fingerprint density at radius 1 is 0.298 bits per heavy atom. The van der Waals surface area contributed by atoms with Crippen molar-refractivity contribution in [3.8, 4) is 0 Å². The third-order valence-electron chi connectivity index (χ3n) is 18.5. The van der Waals surface area contributed by atoms with Gasteiger partial charge in [-0.2, -0.15) is 0 Å². The Balaban J connectivity index is 0.747. The highest BCUT2D eigenvalue weighted by Gasteiger charge is 2.38. The molecule has 104 heavy (non-hydrogen) atoms. The van der Waals surface area contributed by atoms with Crippen LogP contribution in [0.15, 0.2) is 172 Å². The fourth-order valence-electron chi connectivity index (χ4n) is 13.7. The van der Waals surface area contributed by atoms with Crippen LogP contribution in [0.5, 0.6) is 0 Å². The molecule has 4 heterocycles. The Bertz CT molecular complexity index is 4270. The van der Waals surface area contributed by atoms with Crippen LogP contribution in [0, 0.1) is 0 Å². The SMILES string of the molecule is C=CCNc1ccc2c3c(cccc13)C(=O)N(CCNC(=O)CN(CCN(CC(=O)NCCN1C(=O)c3cccc4c(NCC=C)ccc(c34)C1=O)CC(=O)NCCN1C(=O)c3cccc4c(NCC=C)ccc(c34)C1=O)CC(=O)NCCN1C(=O)c3cccc4c(NCC=C)ccc(c34)C1=O)C2=O. The first-order valence-corrected chi connectivity index (χ1v) is 34.0. The lowest BCUT2D eigenvalue weighted by Crippen LogP contribution is -2.51. The second-order valence-electron chi connectivity index (χ2n) is 25.1. The van der Waals surface area contributed by atoms with Crippen LogP contribution in [-0.2, 0) is 19.2 Å². The van der Waals surface area contributed by atoms with E-state index >= 15 is 0 Å². The maximum Gasteiger partial charge on any atom is 0.261 e. The Labute approximate surface area is 597 Å². The topological polar surface area (TPSA) is 321 Å². The van der Waals surface area contributed by atoms with Crippen molar-refractivity contribution >= 4 is 137 Å². The molecule has 0 aromatic heterocycles. The zero-order valence-electron chi connectivity index (χ0n) is 57.0. The summed E-state index contributed by atoms with van der Waals surface area (Å²) in [6.45, 7) is 12.8. The van der Waals surface area contributed by atoms with E-state index in [1.165, 1.54) is 9.80 Å². The summed E-state index contributed by atoms with van der Waals surface area (Å²) in [4.78, 5) is 176. The van der Waals surface area contributed by atoms with Crippen LogP contribution in [0.3, 0.4) is 0 Å². The normalized spacial score (nSPS) is 13.7. The van der Waals surface area contributed by atoms with Gasteiger partial charge in [0, 0.05) is 202 Å². The fourth-order valence-corrected chi connectivity index (χ4v) is 13.7. The van der Waals surface area contributed by atoms with Crippen molar-refractivity contribution in [1.82, 2.24) is 50.7 Å². The highest BCUT2D eigenvalue weighted by Crippen LogP contribution is 2.39. The number of rotatable bonds is 35. The Hall–Kier alpha value is -12.7. The number of carbonyl (C=O) groups is 12. The minimum Gasteiger partial charge on any atom is -0.381 e. The molecule has 12 rings (SSSR count). The third-order valence-corrected chi connectivity index (χ3v) is 18.5. The van der Waals surface area contributed by atoms with E-state index in [0.29, 0.717) is 137 Å². The van der Waals surface area contributed by atoms with Gasteiger partial charge in [0.15, 0.2) is 0 Å². The first kappa shape index (κ1) is 71.2. The van der Waals surface area contributed by atoms with E-state index < -0.39 is 97.1 Å². The van der Waals surface area contributed by atoms with Gasteiger partial charge in [-0.15, -0.1) is 26.3 Å². The average Bonchev–Trinajstić information content (AvgIpc) is 0.765. The number of anilines is 4. The molecule has 0 atom stereocenters. The minimum absolute atomic E-state index is 0.179. The first-order valence-electron chi connectivity index (χ1n) is 34.0. The Kier molecular flexibility index (Phi) is 21.5. The number of hydrogen-bond donors (Lipinski definition) is 8. The average molecular weight is 1400 g/mol. The van der Waals surface area contributed by atoms with E-state index in [0.717, 1.165) is 19.6 Å². The number of benzene rings is 8. The minimum atomic E-state index is -0.645. The van der Waals surface area contributed by atoms with Crippen LogP contribution in [-0.4, -0.2) is 218 Å². The highest BCUT2D eigenvalue weighted by molar-refractivity contribution is 6.30. The number of carbonyl (C=O) groups excluding carboxylic acids is 12. The van der Waals surface area contributed by atoms with E-state index in [9.17, 15) is 57.5 Å². The smallest absolute Gasteiger partial charge is 0.261 e. The van der Waals surface area contributed by atoms with Crippen LogP contribution < -0.4 is 42.5 Å². The standard InChI is InChI=1S/C78H76N14O12/c1-5-29-79-59-25-21-55-67-47(59)13-9-17-51(67)71(97)89(75(55)101)37-33-83-63(93)43-87(44-64(94)84-34-38-90-72(98)52-18-10-14-48-60(80-30-6-2)26-22-56(68(48)52)76(90)102)41-42-88(45-65(95)85-35-39-91-73(99)53-19-11-15-49-61(81-31-7-3)27-23-57(69(49)53)77(91)103)46-66(96)86-36-40-92-74(100)54-20-12-16-50-62(82-32-8-4)28-24-58(70(50)54)78(92)104/h5-28,79-82H,1-4,29-46H2,(H,83,93)(H,84,94)(H,85,95)(H,86,96). The maximum atomic E-state index is 14.2. The lowest BCUT2D eigenvalue weighted by molar-refractivity contribution is -0.128. The molecule has 0 spiro atoms. The van der Waals surface area contributed by atoms with Crippen LogP contribution in [0.2, 0.25) is 0 Å². The van der Waals surface area contributed by atoms with Gasteiger partial charge in [-0.05, 0) is 72.8 Å². The monoisotopic (exact) mass is 1400 g/mol. The van der Waals surface area contributed by atoms with Crippen molar-refractivity contribution in [2.45, 2.75) is 0 Å². The molecule has 0 saturated carbocycles. The molecule has 0 aliphatic carbocycles. The molecule has 0 radical (unpaired) electrons. The van der Waals surface area contributed by atoms with Crippen molar-refractivity contribution < 1.29 is 57.5 Å². The Morgan fingerprint density at radius 3 is 0.702 bits per heavy atom. The van der Waals surface area contributed by atoms with Gasteiger partial charge in [0.2, 0.25) is 23.6 Å². The van der Waals surface area contributed by atoms with Crippen molar-refractivity contribution in [1.29, 1.82) is 0 Å². The Morgan fingerprint density at radius 2 is 0.500 bits per heavy atom. The van der Waals surface area contributed by atoms with Gasteiger partial charge < -0.3 is 42.5 Å². The second-order valence-corrected chi connectivity index (χ2v) is 25.1. The van der Waals surface area contributed by atoms with Crippen LogP contribution >= 0.6 is 0 Å². The molecule has 0 saturated heterocycles. The first-order chi connectivity index (χ1) is 50.4. The summed E-state index contributed by atoms with van der Waals surface area (Å²) < 4.78 is 0. The molecule has 4 aliphatic rings. The lowest BCUT2D eigenvalue weighted by atomic mass is 9.93. The predicted octanol–water partition coefficient (Wildman–Crippen LogP) is 6.24. The highest BCUT2D eigenvalue weighted by atomic mass is 16.2. The molecule has 0 fully saturated rings. The van der Waals surface area contributed by atoms with Crippen molar-refractivity contribution in [3.63, 3.8) is 0 Å². The maximum absolute atomic E-state index is 14.2. The molecule has 4 aliphatic heterocycles. The number of imide groups is 4. The molecule has 0 bridgehead atoms. The molecule has 12 amide bonds. The lowest BCUT2D eigenvalue weighted by Gasteiger charge is -2.29. The molecule has 0 unspecified atom stereocenters. The molecule has 26 heteroatoms. The zero-order chi connectivity index (χ0) is 73.3. The zero-order valence-corrected chi connectivity index (χ0v) is 57.0. The van der Waals surface area contributed by atoms with Gasteiger partial charge in [0.05, 0.1) is 26.2 Å². The number of nitrogens with one attached hydrogen (secondary N) is 8. The van der Waals surface area contributed by atoms with Crippen LogP contribution in [0.25, 0.3) is 43.1 Å². The van der Waals surface area contributed by atoms with Gasteiger partial charge in [-0.25, -0.2) is 0 Å². The van der Waals surface area contributed by atoms with Gasteiger partial charge in [-0.3, -0.25) is 86.9 Å². The van der Waals surface area contributed by atoms with Gasteiger partial charge in [0.25, 0.3) is 47.3 Å². The van der Waals surface area contributed by atoms with E-state index in [2.05, 4.69) is 68.9 Å². The number of hydrogen-bond acceptors (Lipinski definition) is 18. The fraction of sp³-hybridized carbons (Fsp3) is 0.231. The predicted molar refractivity (Wildman–Crippen MR) is 397 cm³/mol. The van der Waals surface area contributed by atoms with Crippen LogP contribution in [0.4, 0.5) is 22.7 Å². The largest absolute Gasteiger partial charge is 0.381 e. The summed E-state index contributed by atoms with van der Waals surface area (Å²) in [7, 11) is 0. The summed E-state index contributed by atoms with van der Waals surface area (Å²) in [6.07, 6.45) is 6.73. The van der Waals surface area contributed by atoms with E-state index in [1.807, 2.05) is 24.3 Å². The van der Waals surface area contributed by atoms with Crippen molar-refractivity contribution in [3.05, 3.63) is 216 Å². The van der Waals surface area contributed by atoms with Gasteiger partial charge >= 0.3 is 0 Å². The summed E-state index contributed by atoms with van der Waals surface area (Å²) in [5, 5.41) is 28.6. The summed E-state index contributed by atoms with van der Waals surface area (Å²) in [5.41, 5.74) is 5.20. The number of nitrogens with zero attached hydrogens (tertiary/aromatic N) is 6. The summed E-state index contributed by atoms with van der Waals surface area (Å²) in [5.74, 6) is -7.12. The molecular weight excluding hydrogens is 1320 g/mol. The summed E-state index contributed by atoms with van der Waals surface area (Å²) >= 11 is 0. The molecule has 530 valence electrons. The van der Waals surface area contributed by atoms with Gasteiger partial charge in [-0.1, -0.05) is 72.8 Å². The van der Waals surface area contributed by atoms with E-state index in [1.54, 1.807) is 121 Å². The molecular formula is C78H76N14O12.